The van der Waals surface area contributed by atoms with E-state index in [9.17, 15) is 13.2 Å². The lowest BCUT2D eigenvalue weighted by molar-refractivity contribution is -0.120. The molecule has 4 rings (SSSR count). The summed E-state index contributed by atoms with van der Waals surface area (Å²) in [6, 6.07) is 5.60. The second-order valence-electron chi connectivity index (χ2n) is 8.06. The molecule has 0 bridgehead atoms. The number of piperidine rings is 1. The van der Waals surface area contributed by atoms with E-state index in [0.29, 0.717) is 55.5 Å². The van der Waals surface area contributed by atoms with E-state index in [1.807, 2.05) is 20.8 Å². The molecule has 0 saturated carbocycles. The van der Waals surface area contributed by atoms with Crippen molar-refractivity contribution in [3.05, 3.63) is 29.6 Å². The van der Waals surface area contributed by atoms with Crippen LogP contribution in [0.5, 0.6) is 17.2 Å². The number of benzene rings is 1. The van der Waals surface area contributed by atoms with Crippen LogP contribution in [-0.2, 0) is 14.8 Å². The second kappa shape index (κ2) is 11.9. The molecule has 1 unspecified atom stereocenters. The summed E-state index contributed by atoms with van der Waals surface area (Å²) in [7, 11) is -3.79. The first-order valence-corrected chi connectivity index (χ1v) is 14.5. The van der Waals surface area contributed by atoms with E-state index in [0.717, 1.165) is 17.8 Å². The van der Waals surface area contributed by atoms with Crippen LogP contribution in [0, 0.1) is 0 Å². The minimum atomic E-state index is -3.79. The van der Waals surface area contributed by atoms with Crippen LogP contribution in [0.3, 0.4) is 0 Å². The number of amides is 1. The molecule has 1 aromatic carbocycles. The molecule has 0 aliphatic carbocycles. The summed E-state index contributed by atoms with van der Waals surface area (Å²) in [6.07, 6.45) is 1.81. The van der Waals surface area contributed by atoms with Crippen LogP contribution in [0.1, 0.15) is 40.0 Å². The zero-order valence-corrected chi connectivity index (χ0v) is 22.6. The molecule has 3 aromatic rings. The van der Waals surface area contributed by atoms with Gasteiger partial charge in [-0.05, 0) is 57.2 Å². The van der Waals surface area contributed by atoms with Crippen molar-refractivity contribution >= 4 is 33.3 Å². The number of hydrogen-bond donors (Lipinski definition) is 1. The minimum Gasteiger partial charge on any atom is -0.490 e. The molecule has 1 aliphatic heterocycles. The third-order valence-corrected chi connectivity index (χ3v) is 8.91. The molecule has 37 heavy (non-hydrogen) atoms. The van der Waals surface area contributed by atoms with Crippen LogP contribution in [0.2, 0.25) is 0 Å². The summed E-state index contributed by atoms with van der Waals surface area (Å²) in [5, 5.41) is 12.3. The average molecular weight is 551 g/mol. The van der Waals surface area contributed by atoms with Gasteiger partial charge in [0.2, 0.25) is 17.5 Å². The molecule has 0 radical (unpaired) electrons. The molecule has 1 N–H and O–H groups in total. The number of aromatic nitrogens is 2. The van der Waals surface area contributed by atoms with Crippen LogP contribution < -0.4 is 19.5 Å². The van der Waals surface area contributed by atoms with Crippen molar-refractivity contribution in [2.75, 3.05) is 31.7 Å². The zero-order chi connectivity index (χ0) is 26.4. The molecule has 200 valence electrons. The van der Waals surface area contributed by atoms with Crippen LogP contribution in [0.25, 0.3) is 11.5 Å². The number of carbonyl (C=O) groups excluding carboxylic acids is 1. The fourth-order valence-electron chi connectivity index (χ4n) is 4.07. The maximum Gasteiger partial charge on any atom is 0.322 e. The molecular weight excluding hydrogens is 520 g/mol. The van der Waals surface area contributed by atoms with Gasteiger partial charge in [0.15, 0.2) is 11.5 Å². The van der Waals surface area contributed by atoms with Gasteiger partial charge in [-0.3, -0.25) is 10.1 Å². The van der Waals surface area contributed by atoms with Gasteiger partial charge in [0.1, 0.15) is 10.3 Å². The second-order valence-corrected chi connectivity index (χ2v) is 11.1. The van der Waals surface area contributed by atoms with Crippen molar-refractivity contribution in [3.8, 4) is 28.7 Å². The standard InChI is InChI=1S/C24H30N4O7S2/c1-4-32-18-14-16(15-19(33-5-2)21(18)34-6-3)23-26-27-24(35-23)25-22(29)17-10-7-8-12-28(17)37(30,31)20-11-9-13-36-20/h9,11,13-15,17H,4-8,10,12H2,1-3H3,(H,25,27,29). The Kier molecular flexibility index (Phi) is 8.67. The molecule has 2 aromatic heterocycles. The van der Waals surface area contributed by atoms with Crippen molar-refractivity contribution in [1.29, 1.82) is 0 Å². The number of nitrogens with one attached hydrogen (secondary N) is 1. The number of thiophene rings is 1. The average Bonchev–Trinajstić information content (AvgIpc) is 3.59. The number of sulfonamides is 1. The van der Waals surface area contributed by atoms with Crippen molar-refractivity contribution in [1.82, 2.24) is 14.5 Å². The predicted molar refractivity (Wildman–Crippen MR) is 138 cm³/mol. The third-order valence-electron chi connectivity index (χ3n) is 5.63. The highest BCUT2D eigenvalue weighted by molar-refractivity contribution is 7.91. The molecule has 11 nitrogen and oxygen atoms in total. The summed E-state index contributed by atoms with van der Waals surface area (Å²) in [5.41, 5.74) is 0.517. The van der Waals surface area contributed by atoms with Crippen LogP contribution >= 0.6 is 11.3 Å². The Bertz CT molecular complexity index is 1280. The van der Waals surface area contributed by atoms with E-state index in [2.05, 4.69) is 15.5 Å². The summed E-state index contributed by atoms with van der Waals surface area (Å²) >= 11 is 1.12. The van der Waals surface area contributed by atoms with Crippen LogP contribution in [0.4, 0.5) is 6.01 Å². The van der Waals surface area contributed by atoms with Crippen LogP contribution in [0.15, 0.2) is 38.3 Å². The molecule has 1 saturated heterocycles. The zero-order valence-electron chi connectivity index (χ0n) is 20.9. The van der Waals surface area contributed by atoms with Gasteiger partial charge in [0, 0.05) is 12.1 Å². The van der Waals surface area contributed by atoms with Gasteiger partial charge in [-0.25, -0.2) is 8.42 Å². The van der Waals surface area contributed by atoms with Crippen LogP contribution in [-0.4, -0.2) is 61.2 Å². The smallest absolute Gasteiger partial charge is 0.322 e. The first-order chi connectivity index (χ1) is 17.9. The van der Waals surface area contributed by atoms with Crippen molar-refractivity contribution in [2.24, 2.45) is 0 Å². The number of anilines is 1. The lowest BCUT2D eigenvalue weighted by Crippen LogP contribution is -2.49. The van der Waals surface area contributed by atoms with Gasteiger partial charge >= 0.3 is 6.01 Å². The Hall–Kier alpha value is -3.16. The third kappa shape index (κ3) is 5.89. The van der Waals surface area contributed by atoms with E-state index in [1.165, 1.54) is 10.4 Å². The Morgan fingerprint density at radius 1 is 1.11 bits per heavy atom. The normalized spacial score (nSPS) is 16.4. The van der Waals surface area contributed by atoms with Gasteiger partial charge in [-0.1, -0.05) is 17.6 Å². The van der Waals surface area contributed by atoms with Gasteiger partial charge < -0.3 is 18.6 Å². The lowest BCUT2D eigenvalue weighted by Gasteiger charge is -2.32. The number of nitrogens with zero attached hydrogens (tertiary/aromatic N) is 3. The number of ether oxygens (including phenoxy) is 3. The largest absolute Gasteiger partial charge is 0.490 e. The quantitative estimate of drug-likeness (QED) is 0.373. The van der Waals surface area contributed by atoms with Crippen molar-refractivity contribution in [2.45, 2.75) is 50.3 Å². The Labute approximate surface area is 219 Å². The topological polar surface area (TPSA) is 133 Å². The first-order valence-electron chi connectivity index (χ1n) is 12.2. The van der Waals surface area contributed by atoms with Crippen molar-refractivity contribution in [3.63, 3.8) is 0 Å². The molecule has 1 atom stereocenters. The van der Waals surface area contributed by atoms with E-state index < -0.39 is 22.0 Å². The Morgan fingerprint density at radius 2 is 1.81 bits per heavy atom. The molecule has 1 aliphatic rings. The maximum absolute atomic E-state index is 13.1. The minimum absolute atomic E-state index is 0.131. The van der Waals surface area contributed by atoms with Gasteiger partial charge in [0.25, 0.3) is 10.0 Å². The molecule has 0 spiro atoms. The Balaban J connectivity index is 1.57. The van der Waals surface area contributed by atoms with Gasteiger partial charge in [0.05, 0.1) is 19.8 Å². The monoisotopic (exact) mass is 550 g/mol. The van der Waals surface area contributed by atoms with E-state index in [4.69, 9.17) is 18.6 Å². The molecule has 13 heteroatoms. The maximum atomic E-state index is 13.1. The fraction of sp³-hybridized carbons (Fsp3) is 0.458. The van der Waals surface area contributed by atoms with E-state index >= 15 is 0 Å². The Morgan fingerprint density at radius 3 is 2.43 bits per heavy atom. The first kappa shape index (κ1) is 26.9. The predicted octanol–water partition coefficient (Wildman–Crippen LogP) is 4.18. The lowest BCUT2D eigenvalue weighted by atomic mass is 10.0. The number of carbonyl (C=O) groups is 1. The van der Waals surface area contributed by atoms with E-state index in [-0.39, 0.29) is 22.7 Å². The summed E-state index contributed by atoms with van der Waals surface area (Å²) in [5.74, 6) is 1.02. The summed E-state index contributed by atoms with van der Waals surface area (Å²) < 4.78 is 50.6. The van der Waals surface area contributed by atoms with Crippen molar-refractivity contribution < 1.29 is 31.8 Å². The molecule has 1 fully saturated rings. The van der Waals surface area contributed by atoms with E-state index in [1.54, 1.807) is 23.6 Å². The summed E-state index contributed by atoms with van der Waals surface area (Å²) in [6.45, 7) is 7.09. The number of rotatable bonds is 11. The molecule has 3 heterocycles. The van der Waals surface area contributed by atoms with Gasteiger partial charge in [-0.15, -0.1) is 16.4 Å². The van der Waals surface area contributed by atoms with Gasteiger partial charge in [-0.2, -0.15) is 4.31 Å². The number of hydrogen-bond acceptors (Lipinski definition) is 10. The highest BCUT2D eigenvalue weighted by Crippen LogP contribution is 2.42. The summed E-state index contributed by atoms with van der Waals surface area (Å²) in [4.78, 5) is 13.1. The highest BCUT2D eigenvalue weighted by Gasteiger charge is 2.38. The molecule has 1 amide bonds. The molecular formula is C24H30N4O7S2. The highest BCUT2D eigenvalue weighted by atomic mass is 32.2. The fourth-order valence-corrected chi connectivity index (χ4v) is 6.85. The SMILES string of the molecule is CCOc1cc(-c2nnc(NC(=O)C3CCCCN3S(=O)(=O)c3cccs3)o2)cc(OCC)c1OCC.